The third-order valence-electron chi connectivity index (χ3n) is 3.40. The minimum atomic E-state index is -0.217. The summed E-state index contributed by atoms with van der Waals surface area (Å²) < 4.78 is 0. The molecule has 0 aliphatic carbocycles. The van der Waals surface area contributed by atoms with E-state index in [1.165, 1.54) is 4.90 Å². The molecule has 0 saturated carbocycles. The van der Waals surface area contributed by atoms with Crippen molar-refractivity contribution in [3.63, 3.8) is 0 Å². The largest absolute Gasteiger partial charge is 0.332 e. The Bertz CT molecular complexity index is 681. The Morgan fingerprint density at radius 3 is 2.22 bits per heavy atom. The first-order valence-corrected chi connectivity index (χ1v) is 8.48. The van der Waals surface area contributed by atoms with E-state index in [1.807, 2.05) is 49.6 Å². The Hall–Kier alpha value is -2.27. The van der Waals surface area contributed by atoms with Crippen LogP contribution in [0.15, 0.2) is 53.4 Å². The van der Waals surface area contributed by atoms with Gasteiger partial charge >= 0.3 is 0 Å². The van der Waals surface area contributed by atoms with Crippen LogP contribution >= 0.6 is 11.8 Å². The van der Waals surface area contributed by atoms with Gasteiger partial charge in [-0.2, -0.15) is 0 Å². The summed E-state index contributed by atoms with van der Waals surface area (Å²) in [6, 6.07) is 14.9. The number of carbonyl (C=O) groups is 2. The second-order valence-electron chi connectivity index (χ2n) is 5.30. The van der Waals surface area contributed by atoms with Crippen LogP contribution in [-0.2, 0) is 4.79 Å². The molecule has 120 valence electrons. The van der Waals surface area contributed by atoms with Crippen molar-refractivity contribution >= 4 is 29.3 Å². The Balaban J connectivity index is 1.94. The predicted octanol–water partition coefficient (Wildman–Crippen LogP) is 3.43. The summed E-state index contributed by atoms with van der Waals surface area (Å²) in [4.78, 5) is 26.9. The van der Waals surface area contributed by atoms with Crippen molar-refractivity contribution in [2.24, 2.45) is 0 Å². The van der Waals surface area contributed by atoms with Crippen molar-refractivity contribution in [2.45, 2.75) is 11.8 Å². The summed E-state index contributed by atoms with van der Waals surface area (Å²) in [5.74, 6) is -0.387. The predicted molar refractivity (Wildman–Crippen MR) is 95.0 cm³/mol. The van der Waals surface area contributed by atoms with E-state index in [-0.39, 0.29) is 18.4 Å². The number of likely N-dealkylation sites (N-methyl/N-ethyl adjacent to an activating group) is 1. The van der Waals surface area contributed by atoms with Crippen LogP contribution < -0.4 is 5.32 Å². The van der Waals surface area contributed by atoms with Gasteiger partial charge in [0.1, 0.15) is 0 Å². The molecule has 1 N–H and O–H groups in total. The third kappa shape index (κ3) is 4.86. The highest BCUT2D eigenvalue weighted by atomic mass is 32.2. The number of carbonyl (C=O) groups excluding carboxylic acids is 2. The molecule has 0 aliphatic heterocycles. The maximum atomic E-state index is 12.3. The lowest BCUT2D eigenvalue weighted by atomic mass is 10.2. The number of rotatable bonds is 5. The monoisotopic (exact) mass is 328 g/mol. The van der Waals surface area contributed by atoms with Crippen molar-refractivity contribution in [3.05, 3.63) is 59.7 Å². The van der Waals surface area contributed by atoms with Crippen LogP contribution in [0.1, 0.15) is 15.9 Å². The van der Waals surface area contributed by atoms with Gasteiger partial charge in [0.15, 0.2) is 0 Å². The highest BCUT2D eigenvalue weighted by molar-refractivity contribution is 7.98. The quantitative estimate of drug-likeness (QED) is 0.856. The first-order chi connectivity index (χ1) is 11.0. The molecule has 0 atom stereocenters. The maximum Gasteiger partial charge on any atom is 0.254 e. The second-order valence-corrected chi connectivity index (χ2v) is 6.18. The normalized spacial score (nSPS) is 10.2. The van der Waals surface area contributed by atoms with Gasteiger partial charge in [0, 0.05) is 23.2 Å². The lowest BCUT2D eigenvalue weighted by Gasteiger charge is -2.17. The maximum absolute atomic E-state index is 12.3. The highest BCUT2D eigenvalue weighted by Gasteiger charge is 2.15. The lowest BCUT2D eigenvalue weighted by Crippen LogP contribution is -2.34. The second kappa shape index (κ2) is 7.83. The molecular weight excluding hydrogens is 308 g/mol. The summed E-state index contributed by atoms with van der Waals surface area (Å²) >= 11 is 1.62. The molecule has 0 aromatic heterocycles. The number of nitrogens with one attached hydrogen (secondary N) is 1. The fraction of sp³-hybridized carbons (Fsp3) is 0.222. The van der Waals surface area contributed by atoms with Crippen molar-refractivity contribution in [1.82, 2.24) is 4.90 Å². The van der Waals surface area contributed by atoms with Gasteiger partial charge in [-0.1, -0.05) is 17.7 Å². The van der Waals surface area contributed by atoms with Crippen LogP contribution in [0.4, 0.5) is 5.69 Å². The van der Waals surface area contributed by atoms with Crippen LogP contribution in [0.3, 0.4) is 0 Å². The van der Waals surface area contributed by atoms with Crippen molar-refractivity contribution in [2.75, 3.05) is 25.2 Å². The standard InChI is InChI=1S/C18H20N2O2S/c1-13-4-8-15(9-5-13)19-17(21)12-20(2)18(22)14-6-10-16(23-3)11-7-14/h4-11H,12H2,1-3H3,(H,19,21). The first-order valence-electron chi connectivity index (χ1n) is 7.25. The summed E-state index contributed by atoms with van der Waals surface area (Å²) in [6.07, 6.45) is 1.98. The number of thioether (sulfide) groups is 1. The van der Waals surface area contributed by atoms with Gasteiger partial charge in [0.05, 0.1) is 6.54 Å². The zero-order chi connectivity index (χ0) is 16.8. The Morgan fingerprint density at radius 2 is 1.65 bits per heavy atom. The van der Waals surface area contributed by atoms with Gasteiger partial charge in [-0.25, -0.2) is 0 Å². The van der Waals surface area contributed by atoms with E-state index in [0.29, 0.717) is 5.56 Å². The molecule has 0 spiro atoms. The van der Waals surface area contributed by atoms with Crippen LogP contribution in [0.2, 0.25) is 0 Å². The number of hydrogen-bond acceptors (Lipinski definition) is 3. The lowest BCUT2D eigenvalue weighted by molar-refractivity contribution is -0.116. The van der Waals surface area contributed by atoms with E-state index in [2.05, 4.69) is 5.32 Å². The molecule has 0 aliphatic rings. The first kappa shape index (κ1) is 17.1. The summed E-state index contributed by atoms with van der Waals surface area (Å²) in [5.41, 5.74) is 2.43. The van der Waals surface area contributed by atoms with E-state index in [9.17, 15) is 9.59 Å². The average molecular weight is 328 g/mol. The molecule has 0 unspecified atom stereocenters. The number of hydrogen-bond donors (Lipinski definition) is 1. The molecule has 0 heterocycles. The molecule has 4 nitrogen and oxygen atoms in total. The number of benzene rings is 2. The Labute approximate surface area is 140 Å². The number of aryl methyl sites for hydroxylation is 1. The summed E-state index contributed by atoms with van der Waals surface area (Å²) in [6.45, 7) is 2.00. The summed E-state index contributed by atoms with van der Waals surface area (Å²) in [5, 5.41) is 2.79. The van der Waals surface area contributed by atoms with Crippen LogP contribution in [-0.4, -0.2) is 36.6 Å². The molecule has 2 aromatic rings. The fourth-order valence-electron chi connectivity index (χ4n) is 2.08. The highest BCUT2D eigenvalue weighted by Crippen LogP contribution is 2.15. The number of anilines is 1. The molecule has 0 fully saturated rings. The average Bonchev–Trinajstić information content (AvgIpc) is 2.56. The van der Waals surface area contributed by atoms with Gasteiger partial charge in [0.2, 0.25) is 5.91 Å². The van der Waals surface area contributed by atoms with E-state index >= 15 is 0 Å². The van der Waals surface area contributed by atoms with Gasteiger partial charge in [0.25, 0.3) is 5.91 Å². The molecule has 0 radical (unpaired) electrons. The van der Waals surface area contributed by atoms with Gasteiger partial charge in [-0.15, -0.1) is 11.8 Å². The van der Waals surface area contributed by atoms with Crippen LogP contribution in [0.25, 0.3) is 0 Å². The molecular formula is C18H20N2O2S. The van der Waals surface area contributed by atoms with Gasteiger partial charge in [-0.3, -0.25) is 9.59 Å². The number of amides is 2. The minimum Gasteiger partial charge on any atom is -0.332 e. The molecule has 2 rings (SSSR count). The molecule has 5 heteroatoms. The summed E-state index contributed by atoms with van der Waals surface area (Å²) in [7, 11) is 1.62. The molecule has 0 saturated heterocycles. The van der Waals surface area contributed by atoms with Gasteiger partial charge in [-0.05, 0) is 49.6 Å². The topological polar surface area (TPSA) is 49.4 Å². The SMILES string of the molecule is CSc1ccc(C(=O)N(C)CC(=O)Nc2ccc(C)cc2)cc1. The van der Waals surface area contributed by atoms with E-state index in [1.54, 1.807) is 30.9 Å². The molecule has 2 aromatic carbocycles. The van der Waals surface area contributed by atoms with Crippen molar-refractivity contribution < 1.29 is 9.59 Å². The molecule has 2 amide bonds. The van der Waals surface area contributed by atoms with Crippen LogP contribution in [0, 0.1) is 6.92 Å². The third-order valence-corrected chi connectivity index (χ3v) is 4.14. The molecule has 23 heavy (non-hydrogen) atoms. The minimum absolute atomic E-state index is 0.0109. The Morgan fingerprint density at radius 1 is 1.04 bits per heavy atom. The van der Waals surface area contributed by atoms with E-state index < -0.39 is 0 Å². The zero-order valence-corrected chi connectivity index (χ0v) is 14.3. The van der Waals surface area contributed by atoms with Crippen LogP contribution in [0.5, 0.6) is 0 Å². The zero-order valence-electron chi connectivity index (χ0n) is 13.5. The van der Waals surface area contributed by atoms with E-state index in [4.69, 9.17) is 0 Å². The van der Waals surface area contributed by atoms with E-state index in [0.717, 1.165) is 16.1 Å². The Kier molecular flexibility index (Phi) is 5.82. The number of nitrogens with zero attached hydrogens (tertiary/aromatic N) is 1. The molecule has 0 bridgehead atoms. The smallest absolute Gasteiger partial charge is 0.254 e. The van der Waals surface area contributed by atoms with Crippen molar-refractivity contribution in [1.29, 1.82) is 0 Å². The van der Waals surface area contributed by atoms with Gasteiger partial charge < -0.3 is 10.2 Å². The van der Waals surface area contributed by atoms with Crippen molar-refractivity contribution in [3.8, 4) is 0 Å². The fourth-order valence-corrected chi connectivity index (χ4v) is 2.49.